The Balaban J connectivity index is 2.89. The van der Waals surface area contributed by atoms with Gasteiger partial charge in [0.2, 0.25) is 0 Å². The lowest BCUT2D eigenvalue weighted by Crippen LogP contribution is -2.49. The standard InChI is InChI=1S/C12H15ClN2O3/c1-12(2,3)9(11(17)18)15-10(16)8-6-7(13)4-5-14-8/h4-6,9H,1-3H3,(H,15,16)(H,17,18)/t9-/m1/s1. The molecule has 0 aliphatic carbocycles. The Kier molecular flexibility index (Phi) is 4.29. The molecule has 0 saturated heterocycles. The van der Waals surface area contributed by atoms with Crippen molar-refractivity contribution >= 4 is 23.5 Å². The smallest absolute Gasteiger partial charge is 0.326 e. The number of hydrogen-bond donors (Lipinski definition) is 2. The SMILES string of the molecule is CC(C)(C)[C@H](NC(=O)c1cc(Cl)ccn1)C(=O)O. The molecule has 1 amide bonds. The van der Waals surface area contributed by atoms with Gasteiger partial charge in [-0.05, 0) is 17.5 Å². The van der Waals surface area contributed by atoms with E-state index in [-0.39, 0.29) is 5.69 Å². The Bertz CT molecular complexity index is 469. The van der Waals surface area contributed by atoms with E-state index in [0.717, 1.165) is 0 Å². The van der Waals surface area contributed by atoms with Gasteiger partial charge in [-0.1, -0.05) is 32.4 Å². The number of pyridine rings is 1. The van der Waals surface area contributed by atoms with Crippen LogP contribution in [0.15, 0.2) is 18.3 Å². The number of rotatable bonds is 3. The zero-order valence-corrected chi connectivity index (χ0v) is 11.2. The van der Waals surface area contributed by atoms with Crippen LogP contribution in [0.1, 0.15) is 31.3 Å². The van der Waals surface area contributed by atoms with E-state index >= 15 is 0 Å². The Morgan fingerprint density at radius 1 is 1.44 bits per heavy atom. The number of hydrogen-bond acceptors (Lipinski definition) is 3. The van der Waals surface area contributed by atoms with Crippen LogP contribution in [0, 0.1) is 5.41 Å². The summed E-state index contributed by atoms with van der Waals surface area (Å²) in [5.74, 6) is -1.64. The quantitative estimate of drug-likeness (QED) is 0.880. The van der Waals surface area contributed by atoms with Crippen molar-refractivity contribution in [3.8, 4) is 0 Å². The lowest BCUT2D eigenvalue weighted by Gasteiger charge is -2.27. The molecule has 0 bridgehead atoms. The molecule has 1 aromatic heterocycles. The van der Waals surface area contributed by atoms with E-state index in [9.17, 15) is 9.59 Å². The fourth-order valence-electron chi connectivity index (χ4n) is 1.38. The number of carboxylic acid groups (broad SMARTS) is 1. The van der Waals surface area contributed by atoms with Crippen LogP contribution in [0.3, 0.4) is 0 Å². The van der Waals surface area contributed by atoms with Gasteiger partial charge in [0.05, 0.1) is 0 Å². The van der Waals surface area contributed by atoms with Gasteiger partial charge in [-0.25, -0.2) is 4.79 Å². The molecule has 0 saturated carbocycles. The maximum atomic E-state index is 11.9. The number of carbonyl (C=O) groups excluding carboxylic acids is 1. The number of nitrogens with zero attached hydrogens (tertiary/aromatic N) is 1. The summed E-state index contributed by atoms with van der Waals surface area (Å²) >= 11 is 5.74. The van der Waals surface area contributed by atoms with Crippen molar-refractivity contribution in [3.63, 3.8) is 0 Å². The van der Waals surface area contributed by atoms with E-state index in [4.69, 9.17) is 16.7 Å². The number of amides is 1. The van der Waals surface area contributed by atoms with E-state index in [2.05, 4.69) is 10.3 Å². The lowest BCUT2D eigenvalue weighted by atomic mass is 9.86. The molecule has 0 unspecified atom stereocenters. The molecule has 1 atom stereocenters. The summed E-state index contributed by atoms with van der Waals surface area (Å²) < 4.78 is 0. The second kappa shape index (κ2) is 5.35. The monoisotopic (exact) mass is 270 g/mol. The van der Waals surface area contributed by atoms with Crippen LogP contribution in [0.5, 0.6) is 0 Å². The third-order valence-corrected chi connectivity index (χ3v) is 2.58. The Labute approximate surface area is 110 Å². The summed E-state index contributed by atoms with van der Waals surface area (Å²) in [6.07, 6.45) is 1.39. The fraction of sp³-hybridized carbons (Fsp3) is 0.417. The minimum Gasteiger partial charge on any atom is -0.480 e. The summed E-state index contributed by atoms with van der Waals surface area (Å²) in [5.41, 5.74) is -0.502. The van der Waals surface area contributed by atoms with Crippen LogP contribution in [0.2, 0.25) is 5.02 Å². The molecular formula is C12H15ClN2O3. The van der Waals surface area contributed by atoms with Crippen molar-refractivity contribution in [1.82, 2.24) is 10.3 Å². The van der Waals surface area contributed by atoms with Gasteiger partial charge in [0, 0.05) is 11.2 Å². The molecule has 1 heterocycles. The molecular weight excluding hydrogens is 256 g/mol. The normalized spacial score (nSPS) is 12.9. The van der Waals surface area contributed by atoms with Crippen molar-refractivity contribution < 1.29 is 14.7 Å². The van der Waals surface area contributed by atoms with Gasteiger partial charge in [0.15, 0.2) is 0 Å². The first kappa shape index (κ1) is 14.4. The third-order valence-electron chi connectivity index (χ3n) is 2.34. The van der Waals surface area contributed by atoms with Crippen molar-refractivity contribution in [2.75, 3.05) is 0 Å². The van der Waals surface area contributed by atoms with Gasteiger partial charge < -0.3 is 10.4 Å². The van der Waals surface area contributed by atoms with Crippen molar-refractivity contribution in [1.29, 1.82) is 0 Å². The Hall–Kier alpha value is -1.62. The van der Waals surface area contributed by atoms with Crippen LogP contribution < -0.4 is 5.32 Å². The molecule has 5 nitrogen and oxygen atoms in total. The van der Waals surface area contributed by atoms with E-state index in [1.807, 2.05) is 0 Å². The van der Waals surface area contributed by atoms with Gasteiger partial charge in [-0.2, -0.15) is 0 Å². The van der Waals surface area contributed by atoms with Crippen LogP contribution in [-0.4, -0.2) is 28.0 Å². The van der Waals surface area contributed by atoms with Gasteiger partial charge in [-0.3, -0.25) is 9.78 Å². The van der Waals surface area contributed by atoms with E-state index in [0.29, 0.717) is 5.02 Å². The van der Waals surface area contributed by atoms with Crippen molar-refractivity contribution in [2.45, 2.75) is 26.8 Å². The highest BCUT2D eigenvalue weighted by Gasteiger charge is 2.33. The molecule has 98 valence electrons. The second-order valence-corrected chi connectivity index (χ2v) is 5.41. The van der Waals surface area contributed by atoms with Gasteiger partial charge in [0.1, 0.15) is 11.7 Å². The molecule has 0 aromatic carbocycles. The number of halogens is 1. The van der Waals surface area contributed by atoms with Gasteiger partial charge in [-0.15, -0.1) is 0 Å². The molecule has 0 spiro atoms. The summed E-state index contributed by atoms with van der Waals surface area (Å²) in [4.78, 5) is 26.8. The highest BCUT2D eigenvalue weighted by atomic mass is 35.5. The zero-order chi connectivity index (χ0) is 13.9. The van der Waals surface area contributed by atoms with Crippen LogP contribution in [0.4, 0.5) is 0 Å². The number of aromatic nitrogens is 1. The molecule has 0 aliphatic rings. The van der Waals surface area contributed by atoms with Gasteiger partial charge in [0.25, 0.3) is 5.91 Å². The van der Waals surface area contributed by atoms with E-state index < -0.39 is 23.3 Å². The molecule has 0 radical (unpaired) electrons. The largest absolute Gasteiger partial charge is 0.480 e. The average Bonchev–Trinajstić information content (AvgIpc) is 2.23. The molecule has 1 aromatic rings. The highest BCUT2D eigenvalue weighted by Crippen LogP contribution is 2.20. The molecule has 6 heteroatoms. The summed E-state index contributed by atoms with van der Waals surface area (Å²) in [6.45, 7) is 5.20. The summed E-state index contributed by atoms with van der Waals surface area (Å²) in [6, 6.07) is 1.93. The van der Waals surface area contributed by atoms with Crippen LogP contribution in [-0.2, 0) is 4.79 Å². The lowest BCUT2D eigenvalue weighted by molar-refractivity contribution is -0.142. The van der Waals surface area contributed by atoms with Crippen LogP contribution >= 0.6 is 11.6 Å². The predicted octanol–water partition coefficient (Wildman–Crippen LogP) is 1.96. The topological polar surface area (TPSA) is 79.3 Å². The van der Waals surface area contributed by atoms with Crippen molar-refractivity contribution in [2.24, 2.45) is 5.41 Å². The van der Waals surface area contributed by atoms with E-state index in [1.54, 1.807) is 20.8 Å². The van der Waals surface area contributed by atoms with Gasteiger partial charge >= 0.3 is 5.97 Å². The second-order valence-electron chi connectivity index (χ2n) is 4.97. The summed E-state index contributed by atoms with van der Waals surface area (Å²) in [5, 5.41) is 11.9. The molecule has 2 N–H and O–H groups in total. The molecule has 1 rings (SSSR count). The maximum absolute atomic E-state index is 11.9. The number of aliphatic carboxylic acids is 1. The predicted molar refractivity (Wildman–Crippen MR) is 67.6 cm³/mol. The molecule has 0 fully saturated rings. The average molecular weight is 271 g/mol. The summed E-state index contributed by atoms with van der Waals surface area (Å²) in [7, 11) is 0. The first-order chi connectivity index (χ1) is 8.21. The minimum atomic E-state index is -1.09. The number of carboxylic acids is 1. The Morgan fingerprint density at radius 3 is 2.50 bits per heavy atom. The molecule has 18 heavy (non-hydrogen) atoms. The zero-order valence-electron chi connectivity index (χ0n) is 10.4. The first-order valence-corrected chi connectivity index (χ1v) is 5.75. The number of nitrogens with one attached hydrogen (secondary N) is 1. The first-order valence-electron chi connectivity index (χ1n) is 5.37. The van der Waals surface area contributed by atoms with Crippen LogP contribution in [0.25, 0.3) is 0 Å². The fourth-order valence-corrected chi connectivity index (χ4v) is 1.54. The highest BCUT2D eigenvalue weighted by molar-refractivity contribution is 6.30. The molecule has 0 aliphatic heterocycles. The number of carbonyl (C=O) groups is 2. The minimum absolute atomic E-state index is 0.0954. The van der Waals surface area contributed by atoms with E-state index in [1.165, 1.54) is 18.3 Å². The third kappa shape index (κ3) is 3.70. The Morgan fingerprint density at radius 2 is 2.06 bits per heavy atom. The van der Waals surface area contributed by atoms with Crippen molar-refractivity contribution in [3.05, 3.63) is 29.0 Å². The maximum Gasteiger partial charge on any atom is 0.326 e.